The number of nitrogens with two attached hydrogens (primary N) is 1. The molecule has 0 radical (unpaired) electrons. The van der Waals surface area contributed by atoms with Gasteiger partial charge in [0.2, 0.25) is 0 Å². The molecule has 0 aliphatic rings. The Bertz CT molecular complexity index is 1870. The molecule has 0 aliphatic heterocycles. The highest BCUT2D eigenvalue weighted by Crippen LogP contribution is 2.31. The first-order chi connectivity index (χ1) is 32.8. The number of benzene rings is 4. The van der Waals surface area contributed by atoms with Gasteiger partial charge in [0.05, 0.1) is 32.5 Å². The van der Waals surface area contributed by atoms with Gasteiger partial charge in [-0.3, -0.25) is 4.79 Å². The molecule has 1 unspecified atom stereocenters. The number of carbonyl (C=O) groups is 1. The third kappa shape index (κ3) is 22.1. The van der Waals surface area contributed by atoms with E-state index < -0.39 is 0 Å². The highest BCUT2D eigenvalue weighted by Gasteiger charge is 2.19. The molecular formula is C60H90N2O5. The predicted octanol–water partition coefficient (Wildman–Crippen LogP) is 15.8. The molecule has 0 heterocycles. The van der Waals surface area contributed by atoms with Crippen LogP contribution in [0.2, 0.25) is 0 Å². The first kappa shape index (κ1) is 55.3. The summed E-state index contributed by atoms with van der Waals surface area (Å²) < 4.78 is 25.0. The zero-order valence-electron chi connectivity index (χ0n) is 42.7. The molecule has 7 nitrogen and oxygen atoms in total. The molecule has 1 amide bonds. The summed E-state index contributed by atoms with van der Waals surface area (Å²) in [5.41, 5.74) is 13.7. The lowest BCUT2D eigenvalue weighted by atomic mass is 10.00. The van der Waals surface area contributed by atoms with Crippen LogP contribution in [-0.2, 0) is 11.3 Å². The first-order valence-electron chi connectivity index (χ1n) is 26.7. The van der Waals surface area contributed by atoms with Crippen molar-refractivity contribution in [3.8, 4) is 17.2 Å². The number of nitrogens with zero attached hydrogens (tertiary/aromatic N) is 1. The maximum absolute atomic E-state index is 14.3. The minimum atomic E-state index is -0.189. The van der Waals surface area contributed by atoms with Crippen LogP contribution < -0.4 is 19.9 Å². The van der Waals surface area contributed by atoms with Crippen LogP contribution in [0.4, 0.5) is 0 Å². The third-order valence-electron chi connectivity index (χ3n) is 13.3. The Labute approximate surface area is 407 Å². The fourth-order valence-electron chi connectivity index (χ4n) is 8.71. The first-order valence-corrected chi connectivity index (χ1v) is 26.7. The minimum absolute atomic E-state index is 0.0138. The predicted molar refractivity (Wildman–Crippen MR) is 281 cm³/mol. The highest BCUT2D eigenvalue weighted by molar-refractivity contribution is 5.94. The van der Waals surface area contributed by atoms with Crippen molar-refractivity contribution in [2.75, 3.05) is 39.6 Å². The Kier molecular flexibility index (Phi) is 28.1. The van der Waals surface area contributed by atoms with E-state index in [1.165, 1.54) is 134 Å². The van der Waals surface area contributed by atoms with Crippen molar-refractivity contribution in [3.05, 3.63) is 124 Å². The van der Waals surface area contributed by atoms with Gasteiger partial charge in [0.15, 0.2) is 11.5 Å². The van der Waals surface area contributed by atoms with E-state index in [1.807, 2.05) is 77.7 Å². The quantitative estimate of drug-likeness (QED) is 0.0451. The van der Waals surface area contributed by atoms with Gasteiger partial charge in [0, 0.05) is 18.7 Å². The molecule has 4 aromatic carbocycles. The summed E-state index contributed by atoms with van der Waals surface area (Å²) in [5.74, 6) is 2.31. The van der Waals surface area contributed by atoms with Gasteiger partial charge >= 0.3 is 0 Å². The van der Waals surface area contributed by atoms with Crippen molar-refractivity contribution in [1.29, 1.82) is 0 Å². The molecule has 0 fully saturated rings. The van der Waals surface area contributed by atoms with Gasteiger partial charge in [-0.15, -0.1) is 0 Å². The summed E-state index contributed by atoms with van der Waals surface area (Å²) in [7, 11) is 0. The van der Waals surface area contributed by atoms with Gasteiger partial charge in [-0.25, -0.2) is 0 Å². The molecule has 4 aromatic rings. The van der Waals surface area contributed by atoms with Crippen LogP contribution in [0.3, 0.4) is 0 Å². The normalized spacial score (nSPS) is 11.7. The second-order valence-corrected chi connectivity index (χ2v) is 18.9. The summed E-state index contributed by atoms with van der Waals surface area (Å²) in [6.07, 6.45) is 28.6. The smallest absolute Gasteiger partial charge is 0.254 e. The average Bonchev–Trinajstić information content (AvgIpc) is 3.34. The van der Waals surface area contributed by atoms with Gasteiger partial charge in [-0.2, -0.15) is 0 Å². The zero-order chi connectivity index (χ0) is 47.7. The number of amides is 1. The van der Waals surface area contributed by atoms with E-state index in [4.69, 9.17) is 24.7 Å². The number of ether oxygens (including phenoxy) is 4. The second-order valence-electron chi connectivity index (χ2n) is 18.9. The van der Waals surface area contributed by atoms with E-state index in [0.29, 0.717) is 51.7 Å². The Morgan fingerprint density at radius 3 is 1.54 bits per heavy atom. The topological polar surface area (TPSA) is 83.3 Å². The van der Waals surface area contributed by atoms with Crippen molar-refractivity contribution in [1.82, 2.24) is 4.90 Å². The van der Waals surface area contributed by atoms with Gasteiger partial charge in [0.1, 0.15) is 12.4 Å². The minimum Gasteiger partial charge on any atom is -0.491 e. The number of hydrogen-bond donors (Lipinski definition) is 1. The van der Waals surface area contributed by atoms with Crippen LogP contribution in [0.1, 0.15) is 205 Å². The molecule has 1 atom stereocenters. The Morgan fingerprint density at radius 2 is 1.00 bits per heavy atom. The number of rotatable bonds is 38. The van der Waals surface area contributed by atoms with Crippen LogP contribution in [0.15, 0.2) is 84.9 Å². The molecular weight excluding hydrogens is 829 g/mol. The van der Waals surface area contributed by atoms with Crippen LogP contribution in [0.25, 0.3) is 0 Å². The second kappa shape index (κ2) is 34.0. The molecule has 0 bridgehead atoms. The number of hydrogen-bond acceptors (Lipinski definition) is 6. The molecule has 0 aliphatic carbocycles. The number of unbranched alkanes of at least 4 members (excludes halogenated alkanes) is 20. The van der Waals surface area contributed by atoms with Crippen molar-refractivity contribution >= 4 is 5.91 Å². The fourth-order valence-corrected chi connectivity index (χ4v) is 8.71. The largest absolute Gasteiger partial charge is 0.491 e. The standard InChI is InChI=1S/C60H90N2O5/c1-6-8-10-12-14-16-18-20-22-24-29-40-66-57-38-33-52(47-58(57)67-41-30-25-23-21-19-17-15-13-11-9-7-2)48-62(60(63)55-45-49(3)51(5)50(4)46-55)39-42-64-43-44-65-56-36-34-54(35-37-56)59(61)53-31-27-26-28-32-53/h26-28,31-38,45-47,59H,6-25,29-30,39-44,48,61H2,1-5H3. The maximum Gasteiger partial charge on any atom is 0.254 e. The number of carbonyl (C=O) groups excluding carboxylic acids is 1. The summed E-state index contributed by atoms with van der Waals surface area (Å²) in [5, 5.41) is 0. The van der Waals surface area contributed by atoms with Crippen molar-refractivity contribution in [2.45, 2.75) is 188 Å². The zero-order valence-corrected chi connectivity index (χ0v) is 42.7. The van der Waals surface area contributed by atoms with Gasteiger partial charge in [-0.1, -0.05) is 191 Å². The summed E-state index contributed by atoms with van der Waals surface area (Å²) >= 11 is 0. The van der Waals surface area contributed by atoms with Crippen molar-refractivity contribution in [2.24, 2.45) is 5.73 Å². The Morgan fingerprint density at radius 1 is 0.507 bits per heavy atom. The van der Waals surface area contributed by atoms with E-state index >= 15 is 0 Å². The van der Waals surface area contributed by atoms with E-state index in [2.05, 4.69) is 46.8 Å². The summed E-state index contributed by atoms with van der Waals surface area (Å²) in [4.78, 5) is 16.2. The van der Waals surface area contributed by atoms with E-state index in [9.17, 15) is 4.79 Å². The molecule has 0 saturated heterocycles. The monoisotopic (exact) mass is 919 g/mol. The van der Waals surface area contributed by atoms with Crippen LogP contribution in [-0.4, -0.2) is 50.4 Å². The SMILES string of the molecule is CCCCCCCCCCCCCOc1ccc(CN(CCOCCOc2ccc(C(N)c3ccccc3)cc2)C(=O)c2cc(C)c(C)c(C)c2)cc1OCCCCCCCCCCCCC. The van der Waals surface area contributed by atoms with Crippen LogP contribution >= 0.6 is 0 Å². The maximum atomic E-state index is 14.3. The molecule has 370 valence electrons. The van der Waals surface area contributed by atoms with E-state index in [1.54, 1.807) is 0 Å². The van der Waals surface area contributed by atoms with Crippen LogP contribution in [0.5, 0.6) is 17.2 Å². The molecule has 0 spiro atoms. The summed E-state index contributed by atoms with van der Waals surface area (Å²) in [6, 6.07) is 28.1. The lowest BCUT2D eigenvalue weighted by Gasteiger charge is -2.24. The van der Waals surface area contributed by atoms with Crippen LogP contribution in [0, 0.1) is 20.8 Å². The molecule has 4 rings (SSSR count). The van der Waals surface area contributed by atoms with Gasteiger partial charge in [-0.05, 0) is 103 Å². The summed E-state index contributed by atoms with van der Waals surface area (Å²) in [6.45, 7) is 14.2. The fraction of sp³-hybridized carbons (Fsp3) is 0.583. The van der Waals surface area contributed by atoms with E-state index in [0.717, 1.165) is 57.9 Å². The van der Waals surface area contributed by atoms with Gasteiger partial charge < -0.3 is 29.6 Å². The van der Waals surface area contributed by atoms with Crippen molar-refractivity contribution in [3.63, 3.8) is 0 Å². The van der Waals surface area contributed by atoms with Crippen molar-refractivity contribution < 1.29 is 23.7 Å². The molecule has 2 N–H and O–H groups in total. The number of aryl methyl sites for hydroxylation is 2. The Balaban J connectivity index is 1.33. The molecule has 0 saturated carbocycles. The Hall–Kier alpha value is -4.33. The molecule has 0 aromatic heterocycles. The lowest BCUT2D eigenvalue weighted by Crippen LogP contribution is -2.34. The van der Waals surface area contributed by atoms with E-state index in [-0.39, 0.29) is 11.9 Å². The highest BCUT2D eigenvalue weighted by atomic mass is 16.5. The van der Waals surface area contributed by atoms with Gasteiger partial charge in [0.25, 0.3) is 5.91 Å². The lowest BCUT2D eigenvalue weighted by molar-refractivity contribution is 0.0572. The third-order valence-corrected chi connectivity index (χ3v) is 13.3. The molecule has 67 heavy (non-hydrogen) atoms. The molecule has 7 heteroatoms. The average molecular weight is 919 g/mol.